The molecular weight excluding hydrogens is 478 g/mol. The van der Waals surface area contributed by atoms with Crippen molar-refractivity contribution < 1.29 is 13.9 Å². The van der Waals surface area contributed by atoms with Crippen LogP contribution in [0.2, 0.25) is 10.0 Å². The van der Waals surface area contributed by atoms with E-state index in [-0.39, 0.29) is 6.42 Å². The summed E-state index contributed by atoms with van der Waals surface area (Å²) in [5.74, 6) is -0.189. The first kappa shape index (κ1) is 24.0. The second kappa shape index (κ2) is 9.60. The lowest BCUT2D eigenvalue weighted by Gasteiger charge is -2.19. The number of carbonyl (C=O) groups excluding carboxylic acids is 1. The van der Waals surface area contributed by atoms with Gasteiger partial charge in [0.15, 0.2) is 0 Å². The van der Waals surface area contributed by atoms with Gasteiger partial charge in [0.1, 0.15) is 17.1 Å². The largest absolute Gasteiger partial charge is 0.443 e. The molecule has 9 heteroatoms. The smallest absolute Gasteiger partial charge is 0.420 e. The van der Waals surface area contributed by atoms with Crippen LogP contribution in [0, 0.1) is 5.95 Å². The first-order valence-corrected chi connectivity index (χ1v) is 11.4. The summed E-state index contributed by atoms with van der Waals surface area (Å²) in [6.45, 7) is 5.83. The molecule has 1 N–H and O–H groups in total. The van der Waals surface area contributed by atoms with Crippen LogP contribution in [0.25, 0.3) is 11.0 Å². The molecule has 0 bridgehead atoms. The number of pyridine rings is 2. The average molecular weight is 501 g/mol. The first-order valence-electron chi connectivity index (χ1n) is 10.6. The van der Waals surface area contributed by atoms with Gasteiger partial charge in [0.25, 0.3) is 0 Å². The van der Waals surface area contributed by atoms with Crippen molar-refractivity contribution in [2.75, 3.05) is 5.32 Å². The summed E-state index contributed by atoms with van der Waals surface area (Å²) in [5, 5.41) is 4.81. The molecule has 0 saturated carbocycles. The number of nitrogens with zero attached hydrogens (tertiary/aromatic N) is 3. The zero-order valence-electron chi connectivity index (χ0n) is 18.9. The van der Waals surface area contributed by atoms with Crippen molar-refractivity contribution in [1.82, 2.24) is 14.5 Å². The van der Waals surface area contributed by atoms with Crippen LogP contribution >= 0.6 is 23.2 Å². The highest BCUT2D eigenvalue weighted by Crippen LogP contribution is 2.27. The van der Waals surface area contributed by atoms with Crippen molar-refractivity contribution in [2.24, 2.45) is 0 Å². The first-order chi connectivity index (χ1) is 16.1. The molecule has 1 aromatic carbocycles. The van der Waals surface area contributed by atoms with Crippen LogP contribution in [-0.2, 0) is 17.7 Å². The SMILES string of the molecule is CC(C)(C)OC(=O)n1cc(Cc2ccc(NCc3ccc(Cl)cc3)nc2F)c2cc(Cl)cnc21. The molecule has 0 amide bonds. The van der Waals surface area contributed by atoms with E-state index in [1.807, 2.05) is 12.1 Å². The van der Waals surface area contributed by atoms with Crippen molar-refractivity contribution in [3.8, 4) is 0 Å². The number of nitrogens with one attached hydrogen (secondary N) is 1. The van der Waals surface area contributed by atoms with Crippen LogP contribution in [0.3, 0.4) is 0 Å². The van der Waals surface area contributed by atoms with Gasteiger partial charge in [0.05, 0.1) is 5.02 Å². The highest BCUT2D eigenvalue weighted by Gasteiger charge is 2.22. The fraction of sp³-hybridized carbons (Fsp3) is 0.240. The van der Waals surface area contributed by atoms with E-state index in [2.05, 4.69) is 15.3 Å². The zero-order valence-corrected chi connectivity index (χ0v) is 20.4. The van der Waals surface area contributed by atoms with Crippen LogP contribution in [-0.4, -0.2) is 26.2 Å². The summed E-state index contributed by atoms with van der Waals surface area (Å²) in [5.41, 5.74) is 1.77. The molecule has 0 unspecified atom stereocenters. The predicted molar refractivity (Wildman–Crippen MR) is 132 cm³/mol. The molecule has 0 aliphatic carbocycles. The highest BCUT2D eigenvalue weighted by atomic mass is 35.5. The molecule has 0 atom stereocenters. The Balaban J connectivity index is 1.57. The second-order valence-corrected chi connectivity index (χ2v) is 9.71. The van der Waals surface area contributed by atoms with Crippen LogP contribution in [0.1, 0.15) is 37.5 Å². The number of carbonyl (C=O) groups is 1. The molecule has 3 heterocycles. The summed E-state index contributed by atoms with van der Waals surface area (Å²) in [4.78, 5) is 21.0. The molecule has 4 rings (SSSR count). The number of hydrogen-bond donors (Lipinski definition) is 1. The number of anilines is 1. The van der Waals surface area contributed by atoms with Crippen molar-refractivity contribution in [3.05, 3.63) is 87.5 Å². The molecule has 4 aromatic rings. The molecule has 0 radical (unpaired) electrons. The van der Waals surface area contributed by atoms with Crippen LogP contribution in [0.15, 0.2) is 54.9 Å². The van der Waals surface area contributed by atoms with E-state index < -0.39 is 17.6 Å². The van der Waals surface area contributed by atoms with E-state index in [1.165, 1.54) is 10.8 Å². The lowest BCUT2D eigenvalue weighted by atomic mass is 10.1. The van der Waals surface area contributed by atoms with Crippen LogP contribution in [0.5, 0.6) is 0 Å². The summed E-state index contributed by atoms with van der Waals surface area (Å²) in [7, 11) is 0. The quantitative estimate of drug-likeness (QED) is 0.303. The van der Waals surface area contributed by atoms with Crippen molar-refractivity contribution >= 4 is 46.1 Å². The second-order valence-electron chi connectivity index (χ2n) is 8.83. The number of hydrogen-bond acceptors (Lipinski definition) is 5. The highest BCUT2D eigenvalue weighted by molar-refractivity contribution is 6.31. The van der Waals surface area contributed by atoms with Gasteiger partial charge in [-0.1, -0.05) is 41.4 Å². The summed E-state index contributed by atoms with van der Waals surface area (Å²) in [6.07, 6.45) is 2.69. The summed E-state index contributed by atoms with van der Waals surface area (Å²) in [6, 6.07) is 12.5. The molecule has 0 aliphatic rings. The molecule has 6 nitrogen and oxygen atoms in total. The maximum atomic E-state index is 14.9. The van der Waals surface area contributed by atoms with Crippen LogP contribution in [0.4, 0.5) is 15.0 Å². The Hall–Kier alpha value is -3.16. The van der Waals surface area contributed by atoms with Gasteiger partial charge >= 0.3 is 6.09 Å². The Morgan fingerprint density at radius 3 is 2.50 bits per heavy atom. The van der Waals surface area contributed by atoms with Crippen molar-refractivity contribution in [3.63, 3.8) is 0 Å². The molecule has 0 aliphatic heterocycles. The van der Waals surface area contributed by atoms with Gasteiger partial charge in [-0.25, -0.2) is 19.3 Å². The number of ether oxygens (including phenoxy) is 1. The Kier molecular flexibility index (Phi) is 6.77. The topological polar surface area (TPSA) is 69.0 Å². The minimum Gasteiger partial charge on any atom is -0.443 e. The Morgan fingerprint density at radius 1 is 1.09 bits per heavy atom. The number of aromatic nitrogens is 3. The third-order valence-corrected chi connectivity index (χ3v) is 5.44. The molecule has 0 saturated heterocycles. The van der Waals surface area contributed by atoms with Gasteiger partial charge in [-0.3, -0.25) is 0 Å². The van der Waals surface area contributed by atoms with E-state index in [0.717, 1.165) is 5.56 Å². The fourth-order valence-electron chi connectivity index (χ4n) is 3.43. The molecule has 176 valence electrons. The molecule has 34 heavy (non-hydrogen) atoms. The Morgan fingerprint density at radius 2 is 1.82 bits per heavy atom. The predicted octanol–water partition coefficient (Wildman–Crippen LogP) is 6.86. The zero-order chi connectivity index (χ0) is 24.5. The van der Waals surface area contributed by atoms with E-state index in [1.54, 1.807) is 57.3 Å². The lowest BCUT2D eigenvalue weighted by Crippen LogP contribution is -2.26. The van der Waals surface area contributed by atoms with Gasteiger partial charge in [0.2, 0.25) is 5.95 Å². The standard InChI is InChI=1S/C25H23Cl2FN4O2/c1-25(2,3)34-24(33)32-14-17(20-11-19(27)13-30-23(20)32)10-16-6-9-21(31-22(16)28)29-12-15-4-7-18(26)8-5-15/h4-9,11,13-14H,10,12H2,1-3H3,(H,29,31). The number of rotatable bonds is 5. The van der Waals surface area contributed by atoms with Crippen LogP contribution < -0.4 is 5.32 Å². The molecule has 3 aromatic heterocycles. The van der Waals surface area contributed by atoms with Gasteiger partial charge in [-0.2, -0.15) is 4.39 Å². The lowest BCUT2D eigenvalue weighted by molar-refractivity contribution is 0.0543. The Labute approximate surface area is 206 Å². The van der Waals surface area contributed by atoms with E-state index >= 15 is 0 Å². The minimum atomic E-state index is -0.675. The van der Waals surface area contributed by atoms with Crippen molar-refractivity contribution in [1.29, 1.82) is 0 Å². The maximum Gasteiger partial charge on any atom is 0.420 e. The van der Waals surface area contributed by atoms with Gasteiger partial charge in [0, 0.05) is 41.3 Å². The van der Waals surface area contributed by atoms with E-state index in [9.17, 15) is 9.18 Å². The molecule has 0 fully saturated rings. The average Bonchev–Trinajstić information content (AvgIpc) is 3.11. The summed E-state index contributed by atoms with van der Waals surface area (Å²) < 4.78 is 21.7. The van der Waals surface area contributed by atoms with E-state index in [0.29, 0.717) is 44.6 Å². The maximum absolute atomic E-state index is 14.9. The van der Waals surface area contributed by atoms with Gasteiger partial charge < -0.3 is 10.1 Å². The Bertz CT molecular complexity index is 1350. The minimum absolute atomic E-state index is 0.199. The normalized spacial score (nSPS) is 11.6. The summed E-state index contributed by atoms with van der Waals surface area (Å²) >= 11 is 12.0. The fourth-order valence-corrected chi connectivity index (χ4v) is 3.72. The van der Waals surface area contributed by atoms with Crippen molar-refractivity contribution in [2.45, 2.75) is 39.3 Å². The van der Waals surface area contributed by atoms with Gasteiger partial charge in [-0.15, -0.1) is 0 Å². The van der Waals surface area contributed by atoms with E-state index in [4.69, 9.17) is 27.9 Å². The third-order valence-electron chi connectivity index (χ3n) is 4.98. The third kappa shape index (κ3) is 5.66. The number of benzene rings is 1. The monoisotopic (exact) mass is 500 g/mol. The van der Waals surface area contributed by atoms with Gasteiger partial charge in [-0.05, 0) is 56.2 Å². The number of fused-ring (bicyclic) bond motifs is 1. The molecular formula is C25H23Cl2FN4O2. The number of halogens is 3. The molecule has 0 spiro atoms.